The number of benzene rings is 1. The van der Waals surface area contributed by atoms with E-state index in [2.05, 4.69) is 10.2 Å². The van der Waals surface area contributed by atoms with Gasteiger partial charge in [0.25, 0.3) is 0 Å². The minimum absolute atomic E-state index is 0.0823. The van der Waals surface area contributed by atoms with Gasteiger partial charge in [0.1, 0.15) is 28.5 Å². The topological polar surface area (TPSA) is 74.5 Å². The Bertz CT molecular complexity index is 973. The molecule has 2 aromatic heterocycles. The summed E-state index contributed by atoms with van der Waals surface area (Å²) < 4.78 is 16.7. The summed E-state index contributed by atoms with van der Waals surface area (Å²) >= 11 is 0. The molecule has 0 aliphatic heterocycles. The second-order valence-electron chi connectivity index (χ2n) is 5.51. The number of hydrogen-bond donors (Lipinski definition) is 0. The summed E-state index contributed by atoms with van der Waals surface area (Å²) in [6.45, 7) is 3.34. The monoisotopic (exact) mass is 338 g/mol. The fourth-order valence-electron chi connectivity index (χ4n) is 2.64. The SMILES string of the molecule is COc1ccc(OC)c2c(-c3ccc(C)o3)c(/C=C/C(C)=O)nnc12. The van der Waals surface area contributed by atoms with Gasteiger partial charge < -0.3 is 13.9 Å². The van der Waals surface area contributed by atoms with E-state index >= 15 is 0 Å². The van der Waals surface area contributed by atoms with Crippen molar-refractivity contribution in [2.45, 2.75) is 13.8 Å². The molecule has 128 valence electrons. The van der Waals surface area contributed by atoms with Crippen LogP contribution in [0.1, 0.15) is 18.4 Å². The van der Waals surface area contributed by atoms with E-state index in [1.165, 1.54) is 13.0 Å². The van der Waals surface area contributed by atoms with Gasteiger partial charge >= 0.3 is 0 Å². The van der Waals surface area contributed by atoms with Gasteiger partial charge in [-0.25, -0.2) is 0 Å². The lowest BCUT2D eigenvalue weighted by atomic mass is 10.0. The summed E-state index contributed by atoms with van der Waals surface area (Å²) in [6, 6.07) is 7.31. The molecule has 6 heteroatoms. The summed E-state index contributed by atoms with van der Waals surface area (Å²) in [5, 5.41) is 9.25. The zero-order chi connectivity index (χ0) is 18.0. The fraction of sp³-hybridized carbons (Fsp3) is 0.211. The number of aromatic nitrogens is 2. The molecular weight excluding hydrogens is 320 g/mol. The molecule has 1 aromatic carbocycles. The maximum Gasteiger partial charge on any atom is 0.152 e. The molecule has 0 atom stereocenters. The first-order valence-electron chi connectivity index (χ1n) is 7.72. The van der Waals surface area contributed by atoms with Gasteiger partial charge in [-0.2, -0.15) is 0 Å². The zero-order valence-electron chi connectivity index (χ0n) is 14.5. The molecule has 0 aliphatic rings. The predicted octanol–water partition coefficient (Wildman–Crippen LogP) is 3.82. The van der Waals surface area contributed by atoms with Crippen molar-refractivity contribution >= 4 is 22.8 Å². The summed E-state index contributed by atoms with van der Waals surface area (Å²) in [5.74, 6) is 2.50. The second kappa shape index (κ2) is 6.76. The fourth-order valence-corrected chi connectivity index (χ4v) is 2.64. The summed E-state index contributed by atoms with van der Waals surface area (Å²) in [6.07, 6.45) is 3.07. The minimum atomic E-state index is -0.0823. The Balaban J connectivity index is 2.42. The third-order valence-corrected chi connectivity index (χ3v) is 3.77. The molecule has 0 bridgehead atoms. The lowest BCUT2D eigenvalue weighted by molar-refractivity contribution is -0.112. The van der Waals surface area contributed by atoms with Crippen LogP contribution in [0, 0.1) is 6.92 Å². The highest BCUT2D eigenvalue weighted by Crippen LogP contribution is 2.40. The van der Waals surface area contributed by atoms with Crippen molar-refractivity contribution in [1.82, 2.24) is 10.2 Å². The average Bonchev–Trinajstić information content (AvgIpc) is 3.04. The van der Waals surface area contributed by atoms with Crippen LogP contribution in [0.3, 0.4) is 0 Å². The number of fused-ring (bicyclic) bond motifs is 1. The Morgan fingerprint density at radius 2 is 1.80 bits per heavy atom. The minimum Gasteiger partial charge on any atom is -0.496 e. The molecule has 0 N–H and O–H groups in total. The van der Waals surface area contributed by atoms with E-state index < -0.39 is 0 Å². The largest absolute Gasteiger partial charge is 0.496 e. The number of carbonyl (C=O) groups excluding carboxylic acids is 1. The number of aryl methyl sites for hydroxylation is 1. The second-order valence-corrected chi connectivity index (χ2v) is 5.51. The first kappa shape index (κ1) is 16.7. The smallest absolute Gasteiger partial charge is 0.152 e. The number of nitrogens with zero attached hydrogens (tertiary/aromatic N) is 2. The number of methoxy groups -OCH3 is 2. The molecule has 6 nitrogen and oxygen atoms in total. The Hall–Kier alpha value is -3.15. The molecule has 0 aliphatic carbocycles. The first-order valence-corrected chi connectivity index (χ1v) is 7.72. The maximum absolute atomic E-state index is 11.4. The number of ether oxygens (including phenoxy) is 2. The first-order chi connectivity index (χ1) is 12.0. The van der Waals surface area contributed by atoms with Crippen molar-refractivity contribution in [2.75, 3.05) is 14.2 Å². The quantitative estimate of drug-likeness (QED) is 0.658. The van der Waals surface area contributed by atoms with Gasteiger partial charge in [-0.1, -0.05) is 0 Å². The Morgan fingerprint density at radius 1 is 1.08 bits per heavy atom. The van der Waals surface area contributed by atoms with Gasteiger partial charge in [0, 0.05) is 0 Å². The molecule has 0 fully saturated rings. The van der Waals surface area contributed by atoms with Crippen molar-refractivity contribution < 1.29 is 18.7 Å². The highest BCUT2D eigenvalue weighted by molar-refractivity contribution is 6.03. The number of furan rings is 1. The van der Waals surface area contributed by atoms with E-state index in [9.17, 15) is 4.79 Å². The molecule has 0 unspecified atom stereocenters. The third-order valence-electron chi connectivity index (χ3n) is 3.77. The van der Waals surface area contributed by atoms with Crippen LogP contribution in [-0.4, -0.2) is 30.2 Å². The van der Waals surface area contributed by atoms with Gasteiger partial charge in [0.15, 0.2) is 5.78 Å². The van der Waals surface area contributed by atoms with Crippen LogP contribution in [-0.2, 0) is 4.79 Å². The zero-order valence-corrected chi connectivity index (χ0v) is 14.5. The van der Waals surface area contributed by atoms with Gasteiger partial charge in [-0.3, -0.25) is 4.79 Å². The van der Waals surface area contributed by atoms with Crippen molar-refractivity contribution in [2.24, 2.45) is 0 Å². The standard InChI is InChI=1S/C19H18N2O4/c1-11(22)5-7-13-17(15-8-6-12(2)25-15)18-14(23-3)9-10-16(24-4)19(18)21-20-13/h5-10H,1-4H3/b7-5+. The molecule has 0 spiro atoms. The Kier molecular flexibility index (Phi) is 4.52. The normalized spacial score (nSPS) is 11.2. The predicted molar refractivity (Wildman–Crippen MR) is 94.8 cm³/mol. The molecular formula is C19H18N2O4. The average molecular weight is 338 g/mol. The lowest BCUT2D eigenvalue weighted by Gasteiger charge is -2.13. The number of carbonyl (C=O) groups is 1. The number of ketones is 1. The van der Waals surface area contributed by atoms with Crippen molar-refractivity contribution in [3.8, 4) is 22.8 Å². The molecule has 25 heavy (non-hydrogen) atoms. The van der Waals surface area contributed by atoms with E-state index in [0.717, 1.165) is 11.1 Å². The summed E-state index contributed by atoms with van der Waals surface area (Å²) in [4.78, 5) is 11.4. The van der Waals surface area contributed by atoms with Crippen LogP contribution in [0.15, 0.2) is 34.8 Å². The van der Waals surface area contributed by atoms with Crippen molar-refractivity contribution in [3.63, 3.8) is 0 Å². The molecule has 0 saturated carbocycles. The third kappa shape index (κ3) is 3.10. The highest BCUT2D eigenvalue weighted by Gasteiger charge is 2.20. The van der Waals surface area contributed by atoms with Crippen LogP contribution >= 0.6 is 0 Å². The summed E-state index contributed by atoms with van der Waals surface area (Å²) in [5.41, 5.74) is 1.78. The van der Waals surface area contributed by atoms with E-state index in [0.29, 0.717) is 34.0 Å². The Labute approximate surface area is 145 Å². The lowest BCUT2D eigenvalue weighted by Crippen LogP contribution is -1.99. The highest BCUT2D eigenvalue weighted by atomic mass is 16.5. The Morgan fingerprint density at radius 3 is 2.40 bits per heavy atom. The molecule has 3 aromatic rings. The van der Waals surface area contributed by atoms with Gasteiger partial charge in [0.05, 0.1) is 30.9 Å². The van der Waals surface area contributed by atoms with Gasteiger partial charge in [-0.05, 0) is 50.3 Å². The van der Waals surface area contributed by atoms with Gasteiger partial charge in [0.2, 0.25) is 0 Å². The number of rotatable bonds is 5. The van der Waals surface area contributed by atoms with Crippen molar-refractivity contribution in [1.29, 1.82) is 0 Å². The molecule has 3 rings (SSSR count). The number of allylic oxidation sites excluding steroid dienone is 1. The number of hydrogen-bond acceptors (Lipinski definition) is 6. The molecule has 2 heterocycles. The van der Waals surface area contributed by atoms with Crippen molar-refractivity contribution in [3.05, 3.63) is 41.8 Å². The van der Waals surface area contributed by atoms with Crippen LogP contribution in [0.4, 0.5) is 0 Å². The van der Waals surface area contributed by atoms with Gasteiger partial charge in [-0.15, -0.1) is 10.2 Å². The summed E-state index contributed by atoms with van der Waals surface area (Å²) in [7, 11) is 3.16. The molecule has 0 saturated heterocycles. The molecule has 0 radical (unpaired) electrons. The van der Waals surface area contributed by atoms with Crippen LogP contribution in [0.25, 0.3) is 28.3 Å². The maximum atomic E-state index is 11.4. The van der Waals surface area contributed by atoms with E-state index in [-0.39, 0.29) is 5.78 Å². The van der Waals surface area contributed by atoms with Crippen LogP contribution in [0.2, 0.25) is 0 Å². The van der Waals surface area contributed by atoms with E-state index in [1.807, 2.05) is 19.1 Å². The van der Waals surface area contributed by atoms with E-state index in [4.69, 9.17) is 13.9 Å². The van der Waals surface area contributed by atoms with E-state index in [1.54, 1.807) is 32.4 Å². The van der Waals surface area contributed by atoms with Crippen LogP contribution < -0.4 is 9.47 Å². The van der Waals surface area contributed by atoms with Crippen LogP contribution in [0.5, 0.6) is 11.5 Å². The molecule has 0 amide bonds.